The van der Waals surface area contributed by atoms with Crippen LogP contribution in [0.25, 0.3) is 11.3 Å². The molecule has 0 fully saturated rings. The lowest BCUT2D eigenvalue weighted by Crippen LogP contribution is -1.83. The predicted molar refractivity (Wildman–Crippen MR) is 59.4 cm³/mol. The number of aromatic nitrogens is 1. The van der Waals surface area contributed by atoms with Crippen molar-refractivity contribution in [2.24, 2.45) is 0 Å². The Hall–Kier alpha value is -1.13. The molecule has 3 N–H and O–H groups in total. The van der Waals surface area contributed by atoms with E-state index in [-0.39, 0.29) is 0 Å². The lowest BCUT2D eigenvalue weighted by molar-refractivity contribution is 1.39. The topological polar surface area (TPSA) is 41.8 Å². The van der Waals surface area contributed by atoms with Crippen LogP contribution in [0.2, 0.25) is 0 Å². The van der Waals surface area contributed by atoms with Gasteiger partial charge in [-0.2, -0.15) is 0 Å². The van der Waals surface area contributed by atoms with Crippen LogP contribution in [0.5, 0.6) is 0 Å². The Morgan fingerprint density at radius 3 is 2.46 bits per heavy atom. The fourth-order valence-corrected chi connectivity index (χ4v) is 1.93. The van der Waals surface area contributed by atoms with Crippen LogP contribution in [-0.4, -0.2) is 4.98 Å². The molecule has 0 radical (unpaired) electrons. The highest BCUT2D eigenvalue weighted by atomic mass is 32.1. The smallest absolute Gasteiger partial charge is 0.158 e. The van der Waals surface area contributed by atoms with Crippen molar-refractivity contribution in [2.45, 2.75) is 0 Å². The van der Waals surface area contributed by atoms with E-state index < -0.39 is 0 Å². The van der Waals surface area contributed by atoms with Gasteiger partial charge in [0, 0.05) is 11.1 Å². The van der Waals surface area contributed by atoms with E-state index in [1.807, 2.05) is 29.6 Å². The molecule has 66 valence electrons. The number of nitrogens with two attached hydrogens (primary N) is 1. The van der Waals surface area contributed by atoms with Gasteiger partial charge in [0.1, 0.15) is 0 Å². The number of nitrogens with one attached hydrogen (secondary N) is 1. The standard InChI is InChI=1S/C9H8N2S2/c10-7-3-1-6(2-4-7)8-5-13-9(12)11-8/h1-5H,10H2,(H,11,12). The first-order valence-corrected chi connectivity index (χ1v) is 5.08. The van der Waals surface area contributed by atoms with Crippen molar-refractivity contribution in [3.05, 3.63) is 33.6 Å². The van der Waals surface area contributed by atoms with E-state index in [1.165, 1.54) is 11.3 Å². The third kappa shape index (κ3) is 1.79. The molecule has 2 nitrogen and oxygen atoms in total. The number of hydrogen-bond donors (Lipinski definition) is 2. The van der Waals surface area contributed by atoms with Gasteiger partial charge in [0.2, 0.25) is 0 Å². The van der Waals surface area contributed by atoms with Gasteiger partial charge < -0.3 is 10.7 Å². The van der Waals surface area contributed by atoms with Crippen molar-refractivity contribution in [2.75, 3.05) is 5.73 Å². The van der Waals surface area contributed by atoms with E-state index in [2.05, 4.69) is 4.98 Å². The van der Waals surface area contributed by atoms with Crippen molar-refractivity contribution in [1.29, 1.82) is 0 Å². The first-order chi connectivity index (χ1) is 6.25. The van der Waals surface area contributed by atoms with Crippen LogP contribution in [-0.2, 0) is 0 Å². The van der Waals surface area contributed by atoms with Crippen molar-refractivity contribution < 1.29 is 0 Å². The van der Waals surface area contributed by atoms with Gasteiger partial charge in [0.25, 0.3) is 0 Å². The summed E-state index contributed by atoms with van der Waals surface area (Å²) in [7, 11) is 0. The van der Waals surface area contributed by atoms with Crippen LogP contribution in [0.4, 0.5) is 5.69 Å². The van der Waals surface area contributed by atoms with Crippen LogP contribution < -0.4 is 5.73 Å². The highest BCUT2D eigenvalue weighted by Crippen LogP contribution is 2.20. The Morgan fingerprint density at radius 2 is 1.92 bits per heavy atom. The van der Waals surface area contributed by atoms with E-state index in [0.29, 0.717) is 0 Å². The van der Waals surface area contributed by atoms with E-state index in [0.717, 1.165) is 20.9 Å². The maximum Gasteiger partial charge on any atom is 0.158 e. The number of benzene rings is 1. The maximum atomic E-state index is 5.58. The third-order valence-electron chi connectivity index (χ3n) is 1.74. The number of thiazole rings is 1. The lowest BCUT2D eigenvalue weighted by Gasteiger charge is -1.97. The minimum Gasteiger partial charge on any atom is -0.399 e. The number of aromatic amines is 1. The molecule has 0 spiro atoms. The molecule has 0 unspecified atom stereocenters. The van der Waals surface area contributed by atoms with Crippen LogP contribution in [0.3, 0.4) is 0 Å². The molecule has 0 saturated carbocycles. The molecule has 0 bridgehead atoms. The second-order valence-electron chi connectivity index (χ2n) is 2.68. The molecule has 2 aromatic rings. The summed E-state index contributed by atoms with van der Waals surface area (Å²) >= 11 is 6.53. The molecule has 0 aliphatic carbocycles. The number of hydrogen-bond acceptors (Lipinski definition) is 3. The van der Waals surface area contributed by atoms with Gasteiger partial charge in [-0.25, -0.2) is 0 Å². The number of H-pyrrole nitrogens is 1. The van der Waals surface area contributed by atoms with Crippen LogP contribution >= 0.6 is 23.6 Å². The van der Waals surface area contributed by atoms with E-state index in [1.54, 1.807) is 0 Å². The van der Waals surface area contributed by atoms with Crippen LogP contribution in [0.15, 0.2) is 29.6 Å². The predicted octanol–water partition coefficient (Wildman–Crippen LogP) is 3.05. The Balaban J connectivity index is 2.47. The molecule has 4 heteroatoms. The zero-order valence-electron chi connectivity index (χ0n) is 6.78. The van der Waals surface area contributed by atoms with Gasteiger partial charge in [0.15, 0.2) is 3.95 Å². The summed E-state index contributed by atoms with van der Waals surface area (Å²) in [4.78, 5) is 3.10. The minimum absolute atomic E-state index is 0.776. The summed E-state index contributed by atoms with van der Waals surface area (Å²) < 4.78 is 0.798. The minimum atomic E-state index is 0.776. The number of nitrogen functional groups attached to an aromatic ring is 1. The summed E-state index contributed by atoms with van der Waals surface area (Å²) in [5, 5.41) is 2.01. The SMILES string of the molecule is Nc1ccc(-c2csc(=S)[nH]2)cc1. The maximum absolute atomic E-state index is 5.58. The summed E-state index contributed by atoms with van der Waals surface area (Å²) in [6.45, 7) is 0. The number of rotatable bonds is 1. The molecule has 0 amide bonds. The largest absolute Gasteiger partial charge is 0.399 e. The molecule has 2 rings (SSSR count). The van der Waals surface area contributed by atoms with Crippen molar-refractivity contribution in [3.63, 3.8) is 0 Å². The Kier molecular flexibility index (Phi) is 2.16. The van der Waals surface area contributed by atoms with Gasteiger partial charge in [-0.1, -0.05) is 12.1 Å². The summed E-state index contributed by atoms with van der Waals surface area (Å²) in [6.07, 6.45) is 0. The fraction of sp³-hybridized carbons (Fsp3) is 0. The molecule has 1 heterocycles. The molecule has 0 saturated heterocycles. The Labute approximate surface area is 85.0 Å². The molecule has 0 atom stereocenters. The molecular formula is C9H8N2S2. The molecule has 1 aromatic heterocycles. The summed E-state index contributed by atoms with van der Waals surface area (Å²) in [5.41, 5.74) is 8.52. The Bertz CT molecular complexity index is 453. The van der Waals surface area contributed by atoms with Crippen LogP contribution in [0, 0.1) is 3.95 Å². The van der Waals surface area contributed by atoms with Gasteiger partial charge >= 0.3 is 0 Å². The zero-order chi connectivity index (χ0) is 9.26. The highest BCUT2D eigenvalue weighted by Gasteiger charge is 1.97. The van der Waals surface area contributed by atoms with Gasteiger partial charge in [0.05, 0.1) is 5.69 Å². The van der Waals surface area contributed by atoms with E-state index in [9.17, 15) is 0 Å². The Morgan fingerprint density at radius 1 is 1.23 bits per heavy atom. The van der Waals surface area contributed by atoms with E-state index in [4.69, 9.17) is 18.0 Å². The van der Waals surface area contributed by atoms with Gasteiger partial charge in [-0.15, -0.1) is 11.3 Å². The summed E-state index contributed by atoms with van der Waals surface area (Å²) in [5.74, 6) is 0. The molecule has 0 aliphatic heterocycles. The van der Waals surface area contributed by atoms with Crippen molar-refractivity contribution in [1.82, 2.24) is 4.98 Å². The number of anilines is 1. The molecular weight excluding hydrogens is 200 g/mol. The zero-order valence-corrected chi connectivity index (χ0v) is 8.41. The summed E-state index contributed by atoms with van der Waals surface area (Å²) in [6, 6.07) is 7.71. The fourth-order valence-electron chi connectivity index (χ4n) is 1.08. The lowest BCUT2D eigenvalue weighted by atomic mass is 10.2. The second-order valence-corrected chi connectivity index (χ2v) is 4.23. The second kappa shape index (κ2) is 3.32. The molecule has 1 aromatic carbocycles. The van der Waals surface area contributed by atoms with Crippen molar-refractivity contribution in [3.8, 4) is 11.3 Å². The van der Waals surface area contributed by atoms with Crippen LogP contribution in [0.1, 0.15) is 0 Å². The highest BCUT2D eigenvalue weighted by molar-refractivity contribution is 7.73. The first kappa shape index (κ1) is 8.47. The normalized spacial score (nSPS) is 10.2. The first-order valence-electron chi connectivity index (χ1n) is 3.79. The third-order valence-corrected chi connectivity index (χ3v) is 2.80. The molecule has 0 aliphatic rings. The van der Waals surface area contributed by atoms with Gasteiger partial charge in [-0.05, 0) is 29.9 Å². The monoisotopic (exact) mass is 208 g/mol. The quantitative estimate of drug-likeness (QED) is 0.558. The average molecular weight is 208 g/mol. The van der Waals surface area contributed by atoms with E-state index >= 15 is 0 Å². The molecule has 13 heavy (non-hydrogen) atoms. The average Bonchev–Trinajstić information content (AvgIpc) is 2.53. The van der Waals surface area contributed by atoms with Gasteiger partial charge in [-0.3, -0.25) is 0 Å². The van der Waals surface area contributed by atoms with Crippen molar-refractivity contribution >= 4 is 29.2 Å².